The van der Waals surface area contributed by atoms with Crippen LogP contribution in [0.4, 0.5) is 13.2 Å². The number of Topliss-reactive ketones (excluding diaryl/α,β-unsaturated/α-hetero) is 1. The first-order valence-electron chi connectivity index (χ1n) is 6.20. The number of nitrogens with one attached hydrogen (secondary N) is 2. The summed E-state index contributed by atoms with van der Waals surface area (Å²) in [5.41, 5.74) is 0. The standard InChI is InChI=1S/C12H17F3N2O5/c1-7(21-2)10(19)17-9(4-3-8(18)5-16)11(20)22-6-12(13,14)15/h5,7,9,16H,3-4,6H2,1-2H3,(H,17,19)/t7-,9+/m1/s1. The van der Waals surface area contributed by atoms with Crippen LogP contribution in [0.1, 0.15) is 19.8 Å². The second kappa shape index (κ2) is 9.13. The van der Waals surface area contributed by atoms with E-state index < -0.39 is 42.6 Å². The van der Waals surface area contributed by atoms with Crippen molar-refractivity contribution in [1.82, 2.24) is 5.32 Å². The Balaban J connectivity index is 4.76. The van der Waals surface area contributed by atoms with Gasteiger partial charge in [-0.2, -0.15) is 13.2 Å². The number of amides is 1. The molecule has 0 aliphatic rings. The molecule has 0 aromatic rings. The van der Waals surface area contributed by atoms with Gasteiger partial charge in [-0.15, -0.1) is 0 Å². The van der Waals surface area contributed by atoms with Crippen molar-refractivity contribution in [3.8, 4) is 0 Å². The molecule has 0 saturated carbocycles. The summed E-state index contributed by atoms with van der Waals surface area (Å²) in [7, 11) is 1.24. The number of carbonyl (C=O) groups is 3. The Morgan fingerprint density at radius 1 is 1.32 bits per heavy atom. The Morgan fingerprint density at radius 3 is 2.36 bits per heavy atom. The topological polar surface area (TPSA) is 106 Å². The fraction of sp³-hybridized carbons (Fsp3) is 0.667. The third-order valence-electron chi connectivity index (χ3n) is 2.54. The van der Waals surface area contributed by atoms with Crippen LogP contribution in [0.15, 0.2) is 0 Å². The molecule has 0 heterocycles. The SMILES string of the molecule is CO[C@H](C)C(=O)N[C@@H](CCC(=O)C=N)C(=O)OCC(F)(F)F. The van der Waals surface area contributed by atoms with Crippen LogP contribution in [0.5, 0.6) is 0 Å². The third-order valence-corrected chi connectivity index (χ3v) is 2.54. The molecule has 0 aliphatic heterocycles. The Bertz CT molecular complexity index is 425. The highest BCUT2D eigenvalue weighted by Crippen LogP contribution is 2.15. The number of ketones is 1. The minimum absolute atomic E-state index is 0.285. The first kappa shape index (κ1) is 20.0. The van der Waals surface area contributed by atoms with E-state index in [1.54, 1.807) is 0 Å². The number of hydrogen-bond donors (Lipinski definition) is 2. The van der Waals surface area contributed by atoms with Gasteiger partial charge in [-0.05, 0) is 13.3 Å². The maximum absolute atomic E-state index is 12.0. The number of halogens is 3. The summed E-state index contributed by atoms with van der Waals surface area (Å²) >= 11 is 0. The maximum Gasteiger partial charge on any atom is 0.422 e. The Morgan fingerprint density at radius 2 is 1.91 bits per heavy atom. The van der Waals surface area contributed by atoms with Gasteiger partial charge >= 0.3 is 12.1 Å². The lowest BCUT2D eigenvalue weighted by atomic mass is 10.1. The summed E-state index contributed by atoms with van der Waals surface area (Å²) in [4.78, 5) is 34.2. The van der Waals surface area contributed by atoms with Crippen molar-refractivity contribution < 1.29 is 37.0 Å². The molecule has 0 radical (unpaired) electrons. The largest absolute Gasteiger partial charge is 0.455 e. The molecule has 126 valence electrons. The van der Waals surface area contributed by atoms with Crippen LogP contribution in [0.25, 0.3) is 0 Å². The lowest BCUT2D eigenvalue weighted by Crippen LogP contribution is -2.46. The molecule has 2 N–H and O–H groups in total. The highest BCUT2D eigenvalue weighted by atomic mass is 19.4. The normalized spacial score (nSPS) is 13.9. The molecule has 22 heavy (non-hydrogen) atoms. The second-order valence-corrected chi connectivity index (χ2v) is 4.31. The summed E-state index contributed by atoms with van der Waals surface area (Å²) < 4.78 is 44.8. The van der Waals surface area contributed by atoms with Crippen molar-refractivity contribution >= 4 is 23.9 Å². The number of ether oxygens (including phenoxy) is 2. The summed E-state index contributed by atoms with van der Waals surface area (Å²) in [6.45, 7) is -0.424. The summed E-state index contributed by atoms with van der Waals surface area (Å²) in [6.07, 6.45) is -5.70. The predicted octanol–water partition coefficient (Wildman–Crippen LogP) is 0.610. The highest BCUT2D eigenvalue weighted by Gasteiger charge is 2.32. The molecule has 10 heteroatoms. The number of carbonyl (C=O) groups excluding carboxylic acids is 3. The van der Waals surface area contributed by atoms with E-state index in [0.29, 0.717) is 6.21 Å². The molecular weight excluding hydrogens is 309 g/mol. The molecule has 0 bridgehead atoms. The van der Waals surface area contributed by atoms with Gasteiger partial charge in [-0.3, -0.25) is 9.59 Å². The van der Waals surface area contributed by atoms with Gasteiger partial charge in [0, 0.05) is 13.5 Å². The second-order valence-electron chi connectivity index (χ2n) is 4.31. The predicted molar refractivity (Wildman–Crippen MR) is 68.4 cm³/mol. The van der Waals surface area contributed by atoms with Crippen molar-refractivity contribution in [2.75, 3.05) is 13.7 Å². The monoisotopic (exact) mass is 326 g/mol. The molecule has 0 aliphatic carbocycles. The van der Waals surface area contributed by atoms with Crippen LogP contribution in [0.3, 0.4) is 0 Å². The van der Waals surface area contributed by atoms with E-state index in [2.05, 4.69) is 10.1 Å². The summed E-state index contributed by atoms with van der Waals surface area (Å²) in [6, 6.07) is -1.43. The number of esters is 1. The molecule has 7 nitrogen and oxygen atoms in total. The molecule has 0 aromatic heterocycles. The van der Waals surface area contributed by atoms with E-state index in [0.717, 1.165) is 0 Å². The molecule has 1 amide bonds. The van der Waals surface area contributed by atoms with Gasteiger partial charge in [0.05, 0.1) is 6.21 Å². The number of rotatable bonds is 9. The average Bonchev–Trinajstić information content (AvgIpc) is 2.46. The zero-order valence-corrected chi connectivity index (χ0v) is 12.0. The van der Waals surface area contributed by atoms with Crippen molar-refractivity contribution in [3.63, 3.8) is 0 Å². The van der Waals surface area contributed by atoms with Crippen molar-refractivity contribution in [1.29, 1.82) is 5.41 Å². The van der Waals surface area contributed by atoms with E-state index in [9.17, 15) is 27.6 Å². The van der Waals surface area contributed by atoms with E-state index in [4.69, 9.17) is 10.1 Å². The van der Waals surface area contributed by atoms with Gasteiger partial charge in [0.2, 0.25) is 5.91 Å². The van der Waals surface area contributed by atoms with E-state index >= 15 is 0 Å². The lowest BCUT2D eigenvalue weighted by Gasteiger charge is -2.19. The number of hydrogen-bond acceptors (Lipinski definition) is 6. The van der Waals surface area contributed by atoms with Crippen molar-refractivity contribution in [2.45, 2.75) is 38.1 Å². The molecular formula is C12H17F3N2O5. The van der Waals surface area contributed by atoms with Crippen LogP contribution in [-0.2, 0) is 23.9 Å². The zero-order chi connectivity index (χ0) is 17.3. The van der Waals surface area contributed by atoms with Crippen LogP contribution in [0.2, 0.25) is 0 Å². The van der Waals surface area contributed by atoms with E-state index in [-0.39, 0.29) is 12.8 Å². The van der Waals surface area contributed by atoms with Gasteiger partial charge in [-0.1, -0.05) is 0 Å². The minimum atomic E-state index is -4.70. The Kier molecular flexibility index (Phi) is 8.31. The maximum atomic E-state index is 12.0. The van der Waals surface area contributed by atoms with Gasteiger partial charge in [0.25, 0.3) is 0 Å². The molecule has 0 fully saturated rings. The number of methoxy groups -OCH3 is 1. The van der Waals surface area contributed by atoms with Crippen LogP contribution < -0.4 is 5.32 Å². The van der Waals surface area contributed by atoms with Crippen LogP contribution in [-0.4, -0.2) is 55.9 Å². The van der Waals surface area contributed by atoms with Gasteiger partial charge in [0.1, 0.15) is 12.1 Å². The van der Waals surface area contributed by atoms with Crippen LogP contribution >= 0.6 is 0 Å². The lowest BCUT2D eigenvalue weighted by molar-refractivity contribution is -0.188. The van der Waals surface area contributed by atoms with Crippen LogP contribution in [0, 0.1) is 5.41 Å². The fourth-order valence-electron chi connectivity index (χ4n) is 1.26. The summed E-state index contributed by atoms with van der Waals surface area (Å²) in [5.74, 6) is -2.69. The zero-order valence-electron chi connectivity index (χ0n) is 12.0. The number of alkyl halides is 3. The van der Waals surface area contributed by atoms with E-state index in [1.165, 1.54) is 14.0 Å². The fourth-order valence-corrected chi connectivity index (χ4v) is 1.26. The van der Waals surface area contributed by atoms with Crippen molar-refractivity contribution in [2.24, 2.45) is 0 Å². The molecule has 0 aromatic carbocycles. The van der Waals surface area contributed by atoms with E-state index in [1.807, 2.05) is 0 Å². The quantitative estimate of drug-likeness (QED) is 0.477. The molecule has 0 rings (SSSR count). The van der Waals surface area contributed by atoms with Crippen molar-refractivity contribution in [3.05, 3.63) is 0 Å². The van der Waals surface area contributed by atoms with Gasteiger partial charge in [-0.25, -0.2) is 4.79 Å². The smallest absolute Gasteiger partial charge is 0.422 e. The van der Waals surface area contributed by atoms with Gasteiger partial charge < -0.3 is 20.2 Å². The Labute approximate surface area is 124 Å². The average molecular weight is 326 g/mol. The Hall–Kier alpha value is -1.97. The first-order chi connectivity index (χ1) is 10.1. The molecule has 2 atom stereocenters. The van der Waals surface area contributed by atoms with Gasteiger partial charge in [0.15, 0.2) is 12.4 Å². The molecule has 0 unspecified atom stereocenters. The minimum Gasteiger partial charge on any atom is -0.455 e. The third kappa shape index (κ3) is 8.35. The highest BCUT2D eigenvalue weighted by molar-refractivity contribution is 6.26. The molecule has 0 saturated heterocycles. The summed E-state index contributed by atoms with van der Waals surface area (Å²) in [5, 5.41) is 8.87. The first-order valence-corrected chi connectivity index (χ1v) is 6.20. The molecule has 0 spiro atoms.